The molecule has 2 heterocycles. The van der Waals surface area contributed by atoms with E-state index in [-0.39, 0.29) is 11.3 Å². The number of quaternary nitrogens is 1. The summed E-state index contributed by atoms with van der Waals surface area (Å²) < 4.78 is 5.50. The first-order valence-corrected chi connectivity index (χ1v) is 9.64. The monoisotopic (exact) mass is 396 g/mol. The van der Waals surface area contributed by atoms with Crippen LogP contribution in [0.4, 0.5) is 0 Å². The summed E-state index contributed by atoms with van der Waals surface area (Å²) in [5.74, 6) is -0.899. The normalized spacial score (nSPS) is 18.5. The first-order valence-electron chi connectivity index (χ1n) is 9.64. The van der Waals surface area contributed by atoms with Crippen LogP contribution in [0.15, 0.2) is 54.4 Å². The van der Waals surface area contributed by atoms with Gasteiger partial charge in [0.2, 0.25) is 0 Å². The average Bonchev–Trinajstić information content (AvgIpc) is 2.97. The first-order chi connectivity index (χ1) is 13.9. The number of likely N-dealkylation sites (N-methyl/N-ethyl adjacent to an activating group) is 1. The lowest BCUT2D eigenvalue weighted by Gasteiger charge is -2.25. The van der Waals surface area contributed by atoms with Crippen LogP contribution in [-0.4, -0.2) is 60.5 Å². The largest absolute Gasteiger partial charge is 0.507 e. The number of aliphatic hydroxyl groups is 1. The highest BCUT2D eigenvalue weighted by Crippen LogP contribution is 2.39. The van der Waals surface area contributed by atoms with E-state index in [1.54, 1.807) is 48.8 Å². The van der Waals surface area contributed by atoms with E-state index < -0.39 is 17.7 Å². The molecule has 7 heteroatoms. The molecule has 1 atom stereocenters. The summed E-state index contributed by atoms with van der Waals surface area (Å²) in [5.41, 5.74) is 1.25. The Labute approximate surface area is 170 Å². The number of pyridine rings is 1. The highest BCUT2D eigenvalue weighted by Gasteiger charge is 2.46. The van der Waals surface area contributed by atoms with Gasteiger partial charge in [-0.25, -0.2) is 0 Å². The molecule has 1 saturated heterocycles. The smallest absolute Gasteiger partial charge is 0.295 e. The lowest BCUT2D eigenvalue weighted by molar-refractivity contribution is -0.857. The number of nitrogens with zero attached hydrogens (tertiary/aromatic N) is 2. The van der Waals surface area contributed by atoms with Crippen molar-refractivity contribution in [3.05, 3.63) is 65.5 Å². The third-order valence-electron chi connectivity index (χ3n) is 4.83. The Morgan fingerprint density at radius 2 is 1.93 bits per heavy atom. The number of aromatic nitrogens is 1. The minimum atomic E-state index is -0.681. The summed E-state index contributed by atoms with van der Waals surface area (Å²) in [6.07, 6.45) is 3.23. The van der Waals surface area contributed by atoms with Gasteiger partial charge < -0.3 is 19.6 Å². The number of Topliss-reactive ketones (excluding diaryl/α,β-unsaturated/α-hetero) is 1. The Balaban J connectivity index is 2.11. The quantitative estimate of drug-likeness (QED) is 0.415. The third-order valence-corrected chi connectivity index (χ3v) is 4.83. The van der Waals surface area contributed by atoms with Crippen molar-refractivity contribution in [1.29, 1.82) is 0 Å². The number of carbonyl (C=O) groups excluding carboxylic acids is 2. The molecule has 1 aromatic carbocycles. The third kappa shape index (κ3) is 4.30. The van der Waals surface area contributed by atoms with Crippen LogP contribution < -0.4 is 9.64 Å². The number of hydrogen-bond acceptors (Lipinski definition) is 5. The second kappa shape index (κ2) is 8.87. The number of benzene rings is 1. The molecule has 0 radical (unpaired) electrons. The molecule has 1 aliphatic heterocycles. The van der Waals surface area contributed by atoms with Crippen molar-refractivity contribution >= 4 is 17.4 Å². The van der Waals surface area contributed by atoms with Crippen LogP contribution in [-0.2, 0) is 9.59 Å². The number of amides is 1. The standard InChI is InChI=1S/C22H25N3O4/c1-4-29-17-7-5-6-16(14-17)20(26)18-19(15-8-10-23-11-9-15)25(13-12-24(2)3)22(28)21(18)27/h5-11,14,19,26H,4,12-13H2,1-3H3/p+1/t19-/m1/s1. The van der Waals surface area contributed by atoms with Gasteiger partial charge in [0.15, 0.2) is 0 Å². The fourth-order valence-corrected chi connectivity index (χ4v) is 3.40. The van der Waals surface area contributed by atoms with Crippen LogP contribution in [0.2, 0.25) is 0 Å². The first kappa shape index (κ1) is 20.5. The predicted molar refractivity (Wildman–Crippen MR) is 109 cm³/mol. The number of aliphatic hydroxyl groups excluding tert-OH is 1. The minimum Gasteiger partial charge on any atom is -0.507 e. The maximum absolute atomic E-state index is 12.9. The van der Waals surface area contributed by atoms with Crippen molar-refractivity contribution < 1.29 is 24.3 Å². The van der Waals surface area contributed by atoms with Crippen LogP contribution in [0.3, 0.4) is 0 Å². The van der Waals surface area contributed by atoms with Crippen molar-refractivity contribution in [3.8, 4) is 5.75 Å². The molecule has 2 N–H and O–H groups in total. The molecule has 3 rings (SSSR count). The molecule has 1 aliphatic rings. The van der Waals surface area contributed by atoms with Crippen LogP contribution in [0.5, 0.6) is 5.75 Å². The molecule has 0 aliphatic carbocycles. The fraction of sp³-hybridized carbons (Fsp3) is 0.318. The topological polar surface area (TPSA) is 84.2 Å². The molecule has 7 nitrogen and oxygen atoms in total. The zero-order valence-electron chi connectivity index (χ0n) is 16.9. The Bertz CT molecular complexity index is 925. The Hall–Kier alpha value is -3.19. The van der Waals surface area contributed by atoms with E-state index in [1.165, 1.54) is 4.90 Å². The van der Waals surface area contributed by atoms with Gasteiger partial charge in [-0.15, -0.1) is 0 Å². The molecule has 0 bridgehead atoms. The van der Waals surface area contributed by atoms with Crippen LogP contribution in [0.25, 0.3) is 5.76 Å². The molecule has 2 aromatic rings. The van der Waals surface area contributed by atoms with Crippen LogP contribution >= 0.6 is 0 Å². The van der Waals surface area contributed by atoms with Gasteiger partial charge in [-0.05, 0) is 36.8 Å². The number of rotatable bonds is 7. The van der Waals surface area contributed by atoms with Gasteiger partial charge in [-0.3, -0.25) is 14.6 Å². The van der Waals surface area contributed by atoms with Gasteiger partial charge in [0, 0.05) is 18.0 Å². The van der Waals surface area contributed by atoms with E-state index in [1.807, 2.05) is 21.0 Å². The van der Waals surface area contributed by atoms with Gasteiger partial charge in [0.1, 0.15) is 11.5 Å². The lowest BCUT2D eigenvalue weighted by atomic mass is 9.96. The summed E-state index contributed by atoms with van der Waals surface area (Å²) in [5, 5.41) is 11.0. The van der Waals surface area contributed by atoms with Gasteiger partial charge in [0.05, 0.1) is 45.4 Å². The van der Waals surface area contributed by atoms with E-state index in [0.717, 1.165) is 10.5 Å². The minimum absolute atomic E-state index is 0.0867. The van der Waals surface area contributed by atoms with Crippen molar-refractivity contribution in [2.45, 2.75) is 13.0 Å². The summed E-state index contributed by atoms with van der Waals surface area (Å²) in [7, 11) is 3.97. The lowest BCUT2D eigenvalue weighted by Crippen LogP contribution is -3.06. The van der Waals surface area contributed by atoms with E-state index in [4.69, 9.17) is 4.74 Å². The highest BCUT2D eigenvalue weighted by molar-refractivity contribution is 6.46. The van der Waals surface area contributed by atoms with E-state index >= 15 is 0 Å². The molecule has 0 saturated carbocycles. The molecular weight excluding hydrogens is 370 g/mol. The zero-order chi connectivity index (χ0) is 21.0. The van der Waals surface area contributed by atoms with E-state index in [2.05, 4.69) is 4.98 Å². The highest BCUT2D eigenvalue weighted by atomic mass is 16.5. The number of ether oxygens (including phenoxy) is 1. The Kier molecular flexibility index (Phi) is 6.29. The van der Waals surface area contributed by atoms with Crippen LogP contribution in [0, 0.1) is 0 Å². The number of carbonyl (C=O) groups is 2. The van der Waals surface area contributed by atoms with Gasteiger partial charge in [0.25, 0.3) is 11.7 Å². The van der Waals surface area contributed by atoms with Crippen molar-refractivity contribution in [2.24, 2.45) is 0 Å². The van der Waals surface area contributed by atoms with E-state index in [9.17, 15) is 14.7 Å². The molecule has 1 amide bonds. The fourth-order valence-electron chi connectivity index (χ4n) is 3.40. The SMILES string of the molecule is CCOc1cccc(C(O)=C2C(=O)C(=O)N(CC[NH+](C)C)[C@@H]2c2ccncc2)c1. The summed E-state index contributed by atoms with van der Waals surface area (Å²) >= 11 is 0. The number of hydrogen-bond donors (Lipinski definition) is 2. The number of likely N-dealkylation sites (tertiary alicyclic amines) is 1. The molecular formula is C22H26N3O4+. The molecule has 0 spiro atoms. The van der Waals surface area contributed by atoms with Gasteiger partial charge in [-0.1, -0.05) is 12.1 Å². The van der Waals surface area contributed by atoms with Gasteiger partial charge in [-0.2, -0.15) is 0 Å². The summed E-state index contributed by atoms with van der Waals surface area (Å²) in [4.78, 5) is 32.4. The summed E-state index contributed by atoms with van der Waals surface area (Å²) in [6.45, 7) is 3.43. The van der Waals surface area contributed by atoms with Crippen molar-refractivity contribution in [3.63, 3.8) is 0 Å². The van der Waals surface area contributed by atoms with Crippen molar-refractivity contribution in [2.75, 3.05) is 33.8 Å². The molecule has 1 aromatic heterocycles. The Morgan fingerprint density at radius 3 is 2.59 bits per heavy atom. The number of nitrogens with one attached hydrogen (secondary N) is 1. The molecule has 152 valence electrons. The maximum atomic E-state index is 12.9. The summed E-state index contributed by atoms with van der Waals surface area (Å²) in [6, 6.07) is 9.74. The predicted octanol–water partition coefficient (Wildman–Crippen LogP) is 1.05. The Morgan fingerprint density at radius 1 is 1.21 bits per heavy atom. The molecule has 29 heavy (non-hydrogen) atoms. The second-order valence-corrected chi connectivity index (χ2v) is 7.19. The van der Waals surface area contributed by atoms with Crippen LogP contribution in [0.1, 0.15) is 24.1 Å². The second-order valence-electron chi connectivity index (χ2n) is 7.19. The van der Waals surface area contributed by atoms with Gasteiger partial charge >= 0.3 is 0 Å². The maximum Gasteiger partial charge on any atom is 0.295 e. The average molecular weight is 396 g/mol. The van der Waals surface area contributed by atoms with Crippen molar-refractivity contribution in [1.82, 2.24) is 9.88 Å². The molecule has 0 unspecified atom stereocenters. The number of ketones is 1. The van der Waals surface area contributed by atoms with E-state index in [0.29, 0.717) is 31.0 Å². The zero-order valence-corrected chi connectivity index (χ0v) is 16.9. The molecule has 1 fully saturated rings.